The fourth-order valence-corrected chi connectivity index (χ4v) is 2.49. The molecule has 0 saturated carbocycles. The van der Waals surface area contributed by atoms with Crippen molar-refractivity contribution in [2.45, 2.75) is 12.8 Å². The van der Waals surface area contributed by atoms with Gasteiger partial charge in [-0.2, -0.15) is 4.98 Å². The van der Waals surface area contributed by atoms with E-state index in [1.807, 2.05) is 6.07 Å². The minimum Gasteiger partial charge on any atom is -0.457 e. The third-order valence-electron chi connectivity index (χ3n) is 3.80. The summed E-state index contributed by atoms with van der Waals surface area (Å²) in [6, 6.07) is 12.4. The van der Waals surface area contributed by atoms with Crippen molar-refractivity contribution in [1.29, 1.82) is 0 Å². The zero-order valence-corrected chi connectivity index (χ0v) is 15.2. The van der Waals surface area contributed by atoms with E-state index in [1.165, 1.54) is 0 Å². The summed E-state index contributed by atoms with van der Waals surface area (Å²) < 4.78 is 10.9. The largest absolute Gasteiger partial charge is 0.457 e. The minimum absolute atomic E-state index is 0.179. The van der Waals surface area contributed by atoms with Gasteiger partial charge in [-0.25, -0.2) is 9.97 Å². The molecule has 1 N–H and O–H groups in total. The van der Waals surface area contributed by atoms with Crippen molar-refractivity contribution >= 4 is 11.6 Å². The molecule has 0 aliphatic heterocycles. The van der Waals surface area contributed by atoms with Crippen molar-refractivity contribution in [3.05, 3.63) is 73.1 Å². The summed E-state index contributed by atoms with van der Waals surface area (Å²) in [5, 5.41) is 6.67. The number of carbonyl (C=O) groups is 1. The topological polar surface area (TPSA) is 116 Å². The van der Waals surface area contributed by atoms with Crippen LogP contribution in [0.2, 0.25) is 0 Å². The number of nitrogens with one attached hydrogen (secondary N) is 1. The summed E-state index contributed by atoms with van der Waals surface area (Å²) in [5.41, 5.74) is 0.630. The number of ether oxygens (including phenoxy) is 1. The maximum Gasteiger partial charge on any atom is 0.240 e. The molecule has 0 atom stereocenters. The highest BCUT2D eigenvalue weighted by atomic mass is 16.5. The summed E-state index contributed by atoms with van der Waals surface area (Å²) in [7, 11) is 0. The molecule has 0 saturated heterocycles. The van der Waals surface area contributed by atoms with Gasteiger partial charge in [-0.15, -0.1) is 0 Å². The molecule has 144 valence electrons. The molecule has 29 heavy (non-hydrogen) atoms. The van der Waals surface area contributed by atoms with Crippen LogP contribution in [0, 0.1) is 0 Å². The van der Waals surface area contributed by atoms with Crippen LogP contribution in [0.4, 0.5) is 5.69 Å². The van der Waals surface area contributed by atoms with Gasteiger partial charge < -0.3 is 14.6 Å². The Labute approximate surface area is 165 Å². The van der Waals surface area contributed by atoms with Gasteiger partial charge in [0.25, 0.3) is 0 Å². The molecule has 0 spiro atoms. The van der Waals surface area contributed by atoms with Crippen LogP contribution < -0.4 is 10.1 Å². The minimum atomic E-state index is -0.179. The molecule has 9 nitrogen and oxygen atoms in total. The first-order valence-electron chi connectivity index (χ1n) is 8.84. The number of pyridine rings is 1. The molecule has 0 unspecified atom stereocenters. The summed E-state index contributed by atoms with van der Waals surface area (Å²) in [6.07, 6.45) is 6.98. The number of amides is 1. The van der Waals surface area contributed by atoms with E-state index in [0.29, 0.717) is 41.1 Å². The number of aromatic nitrogens is 5. The quantitative estimate of drug-likeness (QED) is 0.513. The van der Waals surface area contributed by atoms with E-state index in [4.69, 9.17) is 9.26 Å². The average molecular weight is 388 g/mol. The van der Waals surface area contributed by atoms with Crippen LogP contribution in [0.15, 0.2) is 71.8 Å². The SMILES string of the molecule is O=C(CCc1nc(-c2ncccn2)no1)Nc1cccc(Oc2ccncc2)c1. The standard InChI is InChI=1S/C20H16N6O3/c27-17(5-6-18-25-20(26-29-18)19-22-9-2-10-23-19)24-14-3-1-4-16(13-14)28-15-7-11-21-12-8-15/h1-4,7-13H,5-6H2,(H,24,27). The Kier molecular flexibility index (Phi) is 5.47. The highest BCUT2D eigenvalue weighted by molar-refractivity contribution is 5.90. The van der Waals surface area contributed by atoms with Crippen LogP contribution in [-0.2, 0) is 11.2 Å². The molecule has 1 amide bonds. The monoisotopic (exact) mass is 388 g/mol. The molecule has 0 aliphatic rings. The Morgan fingerprint density at radius 2 is 1.79 bits per heavy atom. The molecule has 1 aromatic carbocycles. The van der Waals surface area contributed by atoms with Crippen LogP contribution in [-0.4, -0.2) is 31.0 Å². The molecule has 0 radical (unpaired) electrons. The molecule has 0 bridgehead atoms. The van der Waals surface area contributed by atoms with Crippen LogP contribution in [0.1, 0.15) is 12.3 Å². The third-order valence-corrected chi connectivity index (χ3v) is 3.80. The molecule has 4 rings (SSSR count). The Morgan fingerprint density at radius 1 is 0.966 bits per heavy atom. The Balaban J connectivity index is 1.32. The first kappa shape index (κ1) is 18.2. The van der Waals surface area contributed by atoms with Crippen molar-refractivity contribution in [2.75, 3.05) is 5.32 Å². The predicted octanol–water partition coefficient (Wildman–Crippen LogP) is 3.29. The lowest BCUT2D eigenvalue weighted by molar-refractivity contribution is -0.116. The second-order valence-electron chi connectivity index (χ2n) is 5.95. The van der Waals surface area contributed by atoms with Crippen molar-refractivity contribution in [1.82, 2.24) is 25.1 Å². The summed E-state index contributed by atoms with van der Waals surface area (Å²) in [5.74, 6) is 2.11. The second kappa shape index (κ2) is 8.70. The molecule has 0 fully saturated rings. The predicted molar refractivity (Wildman–Crippen MR) is 103 cm³/mol. The molecule has 4 aromatic rings. The molecule has 0 aliphatic carbocycles. The van der Waals surface area contributed by atoms with Gasteiger partial charge in [-0.05, 0) is 30.3 Å². The first-order chi connectivity index (χ1) is 14.3. The normalized spacial score (nSPS) is 10.5. The van der Waals surface area contributed by atoms with Gasteiger partial charge in [-0.1, -0.05) is 11.2 Å². The molecule has 9 heteroatoms. The highest BCUT2D eigenvalue weighted by Crippen LogP contribution is 2.23. The Hall–Kier alpha value is -4.14. The number of hydrogen-bond donors (Lipinski definition) is 1. The van der Waals surface area contributed by atoms with Crippen molar-refractivity contribution in [2.24, 2.45) is 0 Å². The van der Waals surface area contributed by atoms with Crippen molar-refractivity contribution in [3.8, 4) is 23.1 Å². The van der Waals surface area contributed by atoms with Crippen molar-refractivity contribution < 1.29 is 14.1 Å². The molecular weight excluding hydrogens is 372 g/mol. The lowest BCUT2D eigenvalue weighted by atomic mass is 10.2. The Morgan fingerprint density at radius 3 is 2.62 bits per heavy atom. The van der Waals surface area contributed by atoms with E-state index >= 15 is 0 Å². The van der Waals surface area contributed by atoms with Gasteiger partial charge in [0.05, 0.1) is 0 Å². The van der Waals surface area contributed by atoms with E-state index in [-0.39, 0.29) is 12.3 Å². The van der Waals surface area contributed by atoms with Crippen LogP contribution in [0.25, 0.3) is 11.6 Å². The second-order valence-corrected chi connectivity index (χ2v) is 5.95. The number of aryl methyl sites for hydroxylation is 1. The summed E-state index contributed by atoms with van der Waals surface area (Å²) in [4.78, 5) is 28.5. The number of carbonyl (C=O) groups excluding carboxylic acids is 1. The third kappa shape index (κ3) is 4.98. The lowest BCUT2D eigenvalue weighted by Crippen LogP contribution is -2.12. The smallest absolute Gasteiger partial charge is 0.240 e. The van der Waals surface area contributed by atoms with Gasteiger partial charge in [0, 0.05) is 49.4 Å². The molecule has 3 heterocycles. The van der Waals surface area contributed by atoms with Crippen molar-refractivity contribution in [3.63, 3.8) is 0 Å². The zero-order chi connectivity index (χ0) is 19.9. The van der Waals surface area contributed by atoms with Crippen LogP contribution in [0.3, 0.4) is 0 Å². The van der Waals surface area contributed by atoms with E-state index in [9.17, 15) is 4.79 Å². The van der Waals surface area contributed by atoms with Gasteiger partial charge >= 0.3 is 0 Å². The van der Waals surface area contributed by atoms with Gasteiger partial charge in [0.15, 0.2) is 0 Å². The fraction of sp³-hybridized carbons (Fsp3) is 0.100. The number of rotatable bonds is 7. The number of anilines is 1. The Bertz CT molecular complexity index is 1090. The van der Waals surface area contributed by atoms with E-state index < -0.39 is 0 Å². The van der Waals surface area contributed by atoms with E-state index in [1.54, 1.807) is 61.2 Å². The van der Waals surface area contributed by atoms with Gasteiger partial charge in [0.2, 0.25) is 23.4 Å². The first-order valence-corrected chi connectivity index (χ1v) is 8.84. The van der Waals surface area contributed by atoms with E-state index in [0.717, 1.165) is 0 Å². The van der Waals surface area contributed by atoms with E-state index in [2.05, 4.69) is 30.4 Å². The van der Waals surface area contributed by atoms with Crippen LogP contribution >= 0.6 is 0 Å². The number of benzene rings is 1. The van der Waals surface area contributed by atoms with Gasteiger partial charge in [-0.3, -0.25) is 9.78 Å². The van der Waals surface area contributed by atoms with Gasteiger partial charge in [0.1, 0.15) is 11.5 Å². The number of nitrogens with zero attached hydrogens (tertiary/aromatic N) is 5. The van der Waals surface area contributed by atoms with Crippen LogP contribution in [0.5, 0.6) is 11.5 Å². The fourth-order valence-electron chi connectivity index (χ4n) is 2.49. The molecular formula is C20H16N6O3. The zero-order valence-electron chi connectivity index (χ0n) is 15.2. The molecule has 3 aromatic heterocycles. The summed E-state index contributed by atoms with van der Waals surface area (Å²) in [6.45, 7) is 0. The highest BCUT2D eigenvalue weighted by Gasteiger charge is 2.12. The lowest BCUT2D eigenvalue weighted by Gasteiger charge is -2.08. The maximum atomic E-state index is 12.3. The maximum absolute atomic E-state index is 12.3. The summed E-state index contributed by atoms with van der Waals surface area (Å²) >= 11 is 0. The average Bonchev–Trinajstić information content (AvgIpc) is 3.23. The number of hydrogen-bond acceptors (Lipinski definition) is 8.